The number of halogens is 2. The molecule has 0 bridgehead atoms. The molecule has 0 saturated carbocycles. The molecule has 11 aromatic rings. The Balaban J connectivity index is 0.000000246. The Morgan fingerprint density at radius 3 is 1.49 bits per heavy atom. The number of hydrogen-bond acceptors (Lipinski definition) is 25. The first-order valence-corrected chi connectivity index (χ1v) is 46.8. The van der Waals surface area contributed by atoms with E-state index in [2.05, 4.69) is 25.9 Å². The number of aliphatic hydroxyl groups excluding tert-OH is 2. The number of alkyl halides is 2. The summed E-state index contributed by atoms with van der Waals surface area (Å²) in [6.45, 7) is 11.5. The summed E-state index contributed by atoms with van der Waals surface area (Å²) >= 11 is 13.2. The van der Waals surface area contributed by atoms with Crippen molar-refractivity contribution in [2.24, 2.45) is 5.92 Å². The quantitative estimate of drug-likeness (QED) is 0.00899. The number of amides is 11. The highest BCUT2D eigenvalue weighted by molar-refractivity contribution is 6.20. The zero-order chi connectivity index (χ0) is 101. The fourth-order valence-corrected chi connectivity index (χ4v) is 17.0. The number of aromatic hydroxyl groups is 1. The van der Waals surface area contributed by atoms with E-state index in [0.717, 1.165) is 37.9 Å². The number of phenols is 1. The number of imidazole rings is 2. The highest BCUT2D eigenvalue weighted by Gasteiger charge is 2.40. The molecule has 0 unspecified atom stereocenters. The third kappa shape index (κ3) is 26.3. The van der Waals surface area contributed by atoms with Crippen LogP contribution in [-0.2, 0) is 49.5 Å². The number of nitrogens with one attached hydrogen (secondary N) is 3. The largest absolute Gasteiger partial charge is 0.508 e. The summed E-state index contributed by atoms with van der Waals surface area (Å²) in [7, 11) is 4.62. The van der Waals surface area contributed by atoms with Crippen molar-refractivity contribution in [3.63, 3.8) is 0 Å². The van der Waals surface area contributed by atoms with Gasteiger partial charge in [-0.05, 0) is 178 Å². The average molecular weight is 1970 g/mol. The molecule has 3 aliphatic rings. The molecule has 37 nitrogen and oxygen atoms in total. The lowest BCUT2D eigenvalue weighted by Gasteiger charge is -2.28. The topological polar surface area (TPSA) is 433 Å². The van der Waals surface area contributed by atoms with Gasteiger partial charge in [0.25, 0.3) is 35.4 Å². The molecule has 39 heteroatoms. The summed E-state index contributed by atoms with van der Waals surface area (Å²) in [4.78, 5) is 177. The van der Waals surface area contributed by atoms with Crippen molar-refractivity contribution in [1.82, 2.24) is 43.3 Å². The van der Waals surface area contributed by atoms with Crippen molar-refractivity contribution in [1.29, 1.82) is 0 Å². The SMILES string of the molecule is CC(=O)C[C@@H](CCCCN1C(=O)C=CC1=O)C(=O)Nc1ccc(COC(=O)N(C)CCN(CCOCCO)C(=O)Oc2cc3c(c4c(C)cccc24)[C@H](CCl)CN3C(=O)c2cn3cc(NC(=O)c4ccc(O)cc4)ccc3n2)cc1.COCOc1ccc(C(=O)Nc2ccc3nc(C(=O)N4C[C@@H](CCl)c5c4cc(OC(=O)N(CCOCCO)CCN(C)C(=O)OC(C)(C)C)c4cccc(C)c54)cn3c2)cc1. The number of imide groups is 1. The van der Waals surface area contributed by atoms with Crippen LogP contribution in [-0.4, -0.2) is 274 Å². The van der Waals surface area contributed by atoms with Crippen molar-refractivity contribution < 1.29 is 111 Å². The Morgan fingerprint density at radius 1 is 0.553 bits per heavy atom. The standard InChI is InChI=1S/C58H61ClN8O13.C44H51ClN6O10/c1-36-7-6-9-45-48(30-47-53(52(36)45)41(31-59)32-67(47)56(75)46-34-65-33-43(16-19-49(65)62-46)61-54(73)39-12-17-44(70)18-13-39)80-58(77)64(25-27-78-28-26-68)24-23-63(3)57(76)79-35-38-10-14-42(15-11-38)60-55(74)40(29-37(2)69)8-4-5-22-66-50(71)20-21-51(66)72;1-28-8-7-9-33-36(60-43(56)49(18-20-58-21-19-52)17-16-48(5)42(55)61-44(2,3)4)22-35-39(38(28)33)30(23-45)24-51(35)41(54)34-26-50-25-31(12-15-37(50)47-34)46-40(53)29-10-13-32(14-11-29)59-27-57-6/h6-7,9-21,30,33-34,40-41,68,70H,4-5,8,22-29,31-32,35H2,1-3H3,(H,60,74)(H,61,73);7-15,22,25-26,30,52H,16-21,23-24,27H2,1-6H3,(H,46,53)/t40-,41-;30-/m11/s1. The Hall–Kier alpha value is -14.6. The Morgan fingerprint density at radius 2 is 1.03 bits per heavy atom. The van der Waals surface area contributed by atoms with Crippen LogP contribution >= 0.6 is 23.2 Å². The smallest absolute Gasteiger partial charge is 0.415 e. The van der Waals surface area contributed by atoms with Crippen molar-refractivity contribution in [3.8, 4) is 23.0 Å². The fraction of sp³-hybridized carbons (Fsp3) is 0.353. The number of pyridine rings is 2. The highest BCUT2D eigenvalue weighted by Crippen LogP contribution is 2.49. The summed E-state index contributed by atoms with van der Waals surface area (Å²) in [5.74, 6) is -2.56. The zero-order valence-corrected chi connectivity index (χ0v) is 81.0. The van der Waals surface area contributed by atoms with E-state index in [1.54, 1.807) is 156 Å². The van der Waals surface area contributed by atoms with Gasteiger partial charge < -0.3 is 112 Å². The number of rotatable bonds is 40. The molecule has 4 aromatic heterocycles. The molecule has 11 amide bonds. The number of unbranched alkanes of at least 4 members (excludes halogenated alkanes) is 1. The lowest BCUT2D eigenvalue weighted by Crippen LogP contribution is -2.43. The second kappa shape index (κ2) is 47.8. The first kappa shape index (κ1) is 104. The van der Waals surface area contributed by atoms with E-state index in [1.807, 2.05) is 50.2 Å². The molecule has 0 radical (unpaired) electrons. The third-order valence-electron chi connectivity index (χ3n) is 23.6. The lowest BCUT2D eigenvalue weighted by atomic mass is 9.92. The highest BCUT2D eigenvalue weighted by atomic mass is 35.5. The first-order valence-electron chi connectivity index (χ1n) is 45.8. The second-order valence-electron chi connectivity index (χ2n) is 35.0. The summed E-state index contributed by atoms with van der Waals surface area (Å²) in [6, 6.07) is 40.5. The van der Waals surface area contributed by atoms with Gasteiger partial charge in [-0.1, -0.05) is 55.0 Å². The summed E-state index contributed by atoms with van der Waals surface area (Å²) in [5.41, 5.74) is 7.73. The van der Waals surface area contributed by atoms with E-state index in [0.29, 0.717) is 92.2 Å². The molecule has 14 rings (SSSR count). The molecule has 3 aliphatic heterocycles. The minimum atomic E-state index is -0.772. The predicted octanol–water partition coefficient (Wildman–Crippen LogP) is 14.1. The summed E-state index contributed by atoms with van der Waals surface area (Å²) in [6.07, 6.45) is 7.62. The number of nitrogens with zero attached hydrogens (tertiary/aromatic N) is 11. The number of anilines is 5. The van der Waals surface area contributed by atoms with Crippen LogP contribution in [0.3, 0.4) is 0 Å². The van der Waals surface area contributed by atoms with E-state index >= 15 is 0 Å². The van der Waals surface area contributed by atoms with Crippen molar-refractivity contribution in [3.05, 3.63) is 233 Å². The maximum absolute atomic E-state index is 14.5. The van der Waals surface area contributed by atoms with Gasteiger partial charge in [-0.15, -0.1) is 23.2 Å². The van der Waals surface area contributed by atoms with E-state index in [9.17, 15) is 72.9 Å². The van der Waals surface area contributed by atoms with Gasteiger partial charge in [0.05, 0.1) is 62.4 Å². The van der Waals surface area contributed by atoms with Gasteiger partial charge >= 0.3 is 24.4 Å². The van der Waals surface area contributed by atoms with E-state index in [-0.39, 0.29) is 200 Å². The molecule has 0 fully saturated rings. The number of carbonyl (C=O) groups is 12. The van der Waals surface area contributed by atoms with Crippen LogP contribution in [0.25, 0.3) is 32.8 Å². The predicted molar refractivity (Wildman–Crippen MR) is 527 cm³/mol. The van der Waals surface area contributed by atoms with Crippen LogP contribution in [0, 0.1) is 19.8 Å². The molecule has 7 aromatic carbocycles. The van der Waals surface area contributed by atoms with Gasteiger partial charge in [0.2, 0.25) is 5.91 Å². The Bertz CT molecular complexity index is 6470. The molecule has 0 aliphatic carbocycles. The summed E-state index contributed by atoms with van der Waals surface area (Å²) in [5, 5.41) is 39.6. The fourth-order valence-electron chi connectivity index (χ4n) is 16.5. The van der Waals surface area contributed by atoms with Gasteiger partial charge in [0.15, 0.2) is 6.79 Å². The number of carbonyl (C=O) groups excluding carboxylic acids is 12. The number of fused-ring (bicyclic) bond motifs is 8. The molecule has 0 spiro atoms. The second-order valence-corrected chi connectivity index (χ2v) is 35.6. The average Bonchev–Trinajstić information content (AvgIpc) is 1.61. The van der Waals surface area contributed by atoms with Crippen molar-refractivity contribution >= 4 is 156 Å². The molecular weight excluding hydrogens is 1860 g/mol. The number of methoxy groups -OCH3 is 1. The molecule has 141 heavy (non-hydrogen) atoms. The number of phenolic OH excluding ortho intramolecular Hbond substituents is 1. The number of aliphatic hydroxyl groups is 2. The molecule has 0 saturated heterocycles. The van der Waals surface area contributed by atoms with E-state index in [1.165, 1.54) is 77.1 Å². The van der Waals surface area contributed by atoms with Gasteiger partial charge in [0.1, 0.15) is 63.7 Å². The number of hydrogen-bond donors (Lipinski definition) is 6. The van der Waals surface area contributed by atoms with Gasteiger partial charge in [0, 0.05) is 193 Å². The molecule has 6 N–H and O–H groups in total. The zero-order valence-electron chi connectivity index (χ0n) is 79.5. The maximum Gasteiger partial charge on any atom is 0.415 e. The number of ketones is 1. The van der Waals surface area contributed by atoms with Gasteiger partial charge in [-0.25, -0.2) is 29.1 Å². The minimum absolute atomic E-state index is 0.0149. The van der Waals surface area contributed by atoms with Crippen LogP contribution in [0.4, 0.5) is 47.6 Å². The first-order chi connectivity index (χ1) is 67.7. The van der Waals surface area contributed by atoms with Crippen LogP contribution < -0.4 is 40.0 Å². The number of likely N-dealkylation sites (N-methyl/N-ethyl adjacent to an activating group) is 2. The number of aryl methyl sites for hydroxylation is 2. The number of aromatic nitrogens is 4. The lowest BCUT2D eigenvalue weighted by molar-refractivity contribution is -0.137. The van der Waals surface area contributed by atoms with Crippen LogP contribution in [0.1, 0.15) is 135 Å². The van der Waals surface area contributed by atoms with Crippen LogP contribution in [0.15, 0.2) is 183 Å². The molecule has 3 atom stereocenters. The van der Waals surface area contributed by atoms with Crippen LogP contribution in [0.5, 0.6) is 23.0 Å². The molecule has 7 heterocycles. The normalized spacial score (nSPS) is 13.9. The number of Topliss-reactive ketones (excluding diaryl/α,β-unsaturated/α-hetero) is 1. The van der Waals surface area contributed by atoms with Crippen molar-refractivity contribution in [2.45, 2.75) is 91.3 Å². The van der Waals surface area contributed by atoms with Crippen LogP contribution in [0.2, 0.25) is 0 Å². The van der Waals surface area contributed by atoms with Gasteiger partial charge in [-0.3, -0.25) is 38.5 Å². The Kier molecular flexibility index (Phi) is 35.2. The third-order valence-corrected chi connectivity index (χ3v) is 24.4. The van der Waals surface area contributed by atoms with E-state index < -0.39 is 53.6 Å². The minimum Gasteiger partial charge on any atom is -0.508 e. The Labute approximate surface area is 822 Å². The number of ether oxygens (including phenoxy) is 8. The number of benzene rings is 7. The molecule has 742 valence electrons. The maximum atomic E-state index is 14.5. The van der Waals surface area contributed by atoms with E-state index in [4.69, 9.17) is 61.1 Å². The summed E-state index contributed by atoms with van der Waals surface area (Å²) < 4.78 is 48.0. The molecular formula is C102H112Cl2N14O23. The monoisotopic (exact) mass is 1970 g/mol. The van der Waals surface area contributed by atoms with Crippen molar-refractivity contribution in [2.75, 3.05) is 164 Å². The van der Waals surface area contributed by atoms with Gasteiger partial charge in [-0.2, -0.15) is 0 Å².